The molecule has 0 atom stereocenters. The summed E-state index contributed by atoms with van der Waals surface area (Å²) in [5, 5.41) is 0. The van der Waals surface area contributed by atoms with Crippen molar-refractivity contribution in [3.8, 4) is 0 Å². The van der Waals surface area contributed by atoms with E-state index in [-0.39, 0.29) is 11.3 Å². The molecule has 1 heterocycles. The molecule has 16 heavy (non-hydrogen) atoms. The molecular formula is C12H25N3O. The summed E-state index contributed by atoms with van der Waals surface area (Å²) in [7, 11) is 0. The van der Waals surface area contributed by atoms with Crippen LogP contribution >= 0.6 is 0 Å². The third-order valence-corrected chi connectivity index (χ3v) is 3.22. The van der Waals surface area contributed by atoms with Gasteiger partial charge in [0.15, 0.2) is 0 Å². The minimum absolute atomic E-state index is 0.0885. The Morgan fingerprint density at radius 3 is 2.44 bits per heavy atom. The average molecular weight is 227 g/mol. The molecule has 0 aromatic carbocycles. The molecule has 2 N–H and O–H groups in total. The van der Waals surface area contributed by atoms with Gasteiger partial charge in [-0.2, -0.15) is 0 Å². The van der Waals surface area contributed by atoms with E-state index in [0.29, 0.717) is 13.1 Å². The Bertz CT molecular complexity index is 236. The van der Waals surface area contributed by atoms with Crippen molar-refractivity contribution in [1.82, 2.24) is 9.80 Å². The van der Waals surface area contributed by atoms with E-state index in [0.717, 1.165) is 32.6 Å². The zero-order valence-corrected chi connectivity index (χ0v) is 10.8. The van der Waals surface area contributed by atoms with Crippen molar-refractivity contribution in [1.29, 1.82) is 0 Å². The molecule has 1 aliphatic rings. The lowest BCUT2D eigenvalue weighted by Gasteiger charge is -2.35. The lowest BCUT2D eigenvalue weighted by atomic mass is 9.93. The highest BCUT2D eigenvalue weighted by Gasteiger charge is 2.25. The molecule has 0 aromatic rings. The molecular weight excluding hydrogens is 202 g/mol. The van der Waals surface area contributed by atoms with Gasteiger partial charge in [0.25, 0.3) is 0 Å². The highest BCUT2D eigenvalue weighted by atomic mass is 16.2. The van der Waals surface area contributed by atoms with Crippen LogP contribution in [-0.4, -0.2) is 55.0 Å². The maximum Gasteiger partial charge on any atom is 0.236 e. The van der Waals surface area contributed by atoms with Gasteiger partial charge in [-0.3, -0.25) is 9.69 Å². The van der Waals surface area contributed by atoms with E-state index in [2.05, 4.69) is 25.7 Å². The van der Waals surface area contributed by atoms with Crippen LogP contribution in [0.2, 0.25) is 0 Å². The first-order chi connectivity index (χ1) is 7.48. The van der Waals surface area contributed by atoms with E-state index in [9.17, 15) is 4.79 Å². The van der Waals surface area contributed by atoms with Gasteiger partial charge in [0.1, 0.15) is 0 Å². The Morgan fingerprint density at radius 1 is 1.44 bits per heavy atom. The third-order valence-electron chi connectivity index (χ3n) is 3.22. The summed E-state index contributed by atoms with van der Waals surface area (Å²) in [6, 6.07) is 0. The number of rotatable bonds is 6. The first kappa shape index (κ1) is 13.5. The van der Waals surface area contributed by atoms with Crippen molar-refractivity contribution in [2.75, 3.05) is 39.3 Å². The molecule has 0 saturated carbocycles. The summed E-state index contributed by atoms with van der Waals surface area (Å²) in [6.45, 7) is 11.3. The quantitative estimate of drug-likeness (QED) is 0.720. The second-order valence-electron chi connectivity index (χ2n) is 5.41. The van der Waals surface area contributed by atoms with Gasteiger partial charge in [-0.05, 0) is 24.9 Å². The van der Waals surface area contributed by atoms with Gasteiger partial charge >= 0.3 is 0 Å². The number of hydrogen-bond acceptors (Lipinski definition) is 3. The normalized spacial score (nSPS) is 16.4. The van der Waals surface area contributed by atoms with Gasteiger partial charge in [0.05, 0.1) is 6.54 Å². The van der Waals surface area contributed by atoms with Crippen LogP contribution in [0.1, 0.15) is 27.2 Å². The molecule has 0 bridgehead atoms. The highest BCUT2D eigenvalue weighted by molar-refractivity contribution is 5.78. The molecule has 1 amide bonds. The summed E-state index contributed by atoms with van der Waals surface area (Å²) in [6.07, 6.45) is 1.16. The lowest BCUT2D eigenvalue weighted by molar-refractivity contribution is -0.136. The fourth-order valence-electron chi connectivity index (χ4n) is 1.81. The van der Waals surface area contributed by atoms with E-state index in [4.69, 9.17) is 5.73 Å². The molecule has 0 aromatic heterocycles. The minimum Gasteiger partial charge on any atom is -0.341 e. The maximum atomic E-state index is 11.8. The Hall–Kier alpha value is -0.610. The van der Waals surface area contributed by atoms with E-state index in [1.54, 1.807) is 0 Å². The fourth-order valence-corrected chi connectivity index (χ4v) is 1.81. The number of carbonyl (C=O) groups is 1. The first-order valence-electron chi connectivity index (χ1n) is 6.18. The highest BCUT2D eigenvalue weighted by Crippen LogP contribution is 2.15. The smallest absolute Gasteiger partial charge is 0.236 e. The van der Waals surface area contributed by atoms with Crippen LogP contribution in [0.25, 0.3) is 0 Å². The van der Waals surface area contributed by atoms with Gasteiger partial charge < -0.3 is 10.6 Å². The second-order valence-corrected chi connectivity index (χ2v) is 5.41. The van der Waals surface area contributed by atoms with Crippen LogP contribution in [0.5, 0.6) is 0 Å². The van der Waals surface area contributed by atoms with Crippen molar-refractivity contribution in [3.63, 3.8) is 0 Å². The van der Waals surface area contributed by atoms with Crippen LogP contribution in [0, 0.1) is 5.41 Å². The van der Waals surface area contributed by atoms with Crippen LogP contribution in [0.3, 0.4) is 0 Å². The van der Waals surface area contributed by atoms with Crippen molar-refractivity contribution in [2.45, 2.75) is 27.2 Å². The molecule has 1 saturated heterocycles. The number of nitrogens with two attached hydrogens (primary N) is 1. The molecule has 0 unspecified atom stereocenters. The third kappa shape index (κ3) is 3.76. The van der Waals surface area contributed by atoms with E-state index in [1.807, 2.05) is 4.90 Å². The summed E-state index contributed by atoms with van der Waals surface area (Å²) in [4.78, 5) is 15.9. The molecule has 0 aliphatic carbocycles. The van der Waals surface area contributed by atoms with Crippen LogP contribution < -0.4 is 5.73 Å². The largest absolute Gasteiger partial charge is 0.341 e. The van der Waals surface area contributed by atoms with Gasteiger partial charge in [-0.15, -0.1) is 0 Å². The molecule has 1 fully saturated rings. The maximum absolute atomic E-state index is 11.8. The predicted molar refractivity (Wildman–Crippen MR) is 66.1 cm³/mol. The fraction of sp³-hybridized carbons (Fsp3) is 0.917. The molecule has 4 heteroatoms. The number of hydrogen-bond donors (Lipinski definition) is 1. The predicted octanol–water partition coefficient (Wildman–Crippen LogP) is 0.526. The van der Waals surface area contributed by atoms with E-state index < -0.39 is 0 Å². The van der Waals surface area contributed by atoms with Crippen LogP contribution in [-0.2, 0) is 4.79 Å². The SMILES string of the molecule is CCN(CC(=O)N1CCC1)CC(C)(C)CN. The Morgan fingerprint density at radius 2 is 2.06 bits per heavy atom. The summed E-state index contributed by atoms with van der Waals surface area (Å²) in [5.41, 5.74) is 5.80. The number of nitrogens with zero attached hydrogens (tertiary/aromatic N) is 2. The molecule has 1 aliphatic heterocycles. The summed E-state index contributed by atoms with van der Waals surface area (Å²) in [5.74, 6) is 0.265. The molecule has 94 valence electrons. The van der Waals surface area contributed by atoms with E-state index in [1.165, 1.54) is 0 Å². The Kier molecular flexibility index (Phi) is 4.74. The zero-order valence-electron chi connectivity index (χ0n) is 10.8. The van der Waals surface area contributed by atoms with E-state index >= 15 is 0 Å². The number of likely N-dealkylation sites (N-methyl/N-ethyl adjacent to an activating group) is 1. The summed E-state index contributed by atoms with van der Waals surface area (Å²) < 4.78 is 0. The number of amides is 1. The Labute approximate surface area is 98.8 Å². The van der Waals surface area contributed by atoms with Gasteiger partial charge in [0.2, 0.25) is 5.91 Å². The van der Waals surface area contributed by atoms with Crippen LogP contribution in [0.15, 0.2) is 0 Å². The lowest BCUT2D eigenvalue weighted by Crippen LogP contribution is -2.49. The van der Waals surface area contributed by atoms with Gasteiger partial charge in [-0.25, -0.2) is 0 Å². The number of likely N-dealkylation sites (tertiary alicyclic amines) is 1. The molecule has 0 spiro atoms. The number of carbonyl (C=O) groups excluding carboxylic acids is 1. The zero-order chi connectivity index (χ0) is 12.2. The summed E-state index contributed by atoms with van der Waals surface area (Å²) >= 11 is 0. The standard InChI is InChI=1S/C12H25N3O/c1-4-14(10-12(2,3)9-13)8-11(16)15-6-5-7-15/h4-10,13H2,1-3H3. The van der Waals surface area contributed by atoms with Gasteiger partial charge in [-0.1, -0.05) is 20.8 Å². The van der Waals surface area contributed by atoms with Crippen molar-refractivity contribution in [3.05, 3.63) is 0 Å². The van der Waals surface area contributed by atoms with Crippen molar-refractivity contribution < 1.29 is 4.79 Å². The van der Waals surface area contributed by atoms with Crippen molar-refractivity contribution in [2.24, 2.45) is 11.1 Å². The topological polar surface area (TPSA) is 49.6 Å². The van der Waals surface area contributed by atoms with Crippen LogP contribution in [0.4, 0.5) is 0 Å². The first-order valence-corrected chi connectivity index (χ1v) is 6.18. The minimum atomic E-state index is 0.0885. The molecule has 1 rings (SSSR count). The Balaban J connectivity index is 2.38. The monoisotopic (exact) mass is 227 g/mol. The van der Waals surface area contributed by atoms with Crippen molar-refractivity contribution >= 4 is 5.91 Å². The van der Waals surface area contributed by atoms with Gasteiger partial charge in [0, 0.05) is 19.6 Å². The molecule has 4 nitrogen and oxygen atoms in total. The average Bonchev–Trinajstić information content (AvgIpc) is 2.13. The molecule has 0 radical (unpaired) electrons. The second kappa shape index (κ2) is 5.64.